The first-order chi connectivity index (χ1) is 23.6. The van der Waals surface area contributed by atoms with Crippen LogP contribution in [0.1, 0.15) is 63.8 Å². The SMILES string of the molecule is CC.CC1(C)c2ccccc2N(c2cccc3c2-c2cccc(N4c5ccccc5C(C)(C)c5ccccc54)c2S3(=O)=O)c2ccccc21. The van der Waals surface area contributed by atoms with Crippen LogP contribution in [0.4, 0.5) is 34.1 Å². The Morgan fingerprint density at radius 2 is 0.776 bits per heavy atom. The van der Waals surface area contributed by atoms with Crippen molar-refractivity contribution in [3.8, 4) is 11.1 Å². The monoisotopic (exact) mass is 660 g/mol. The van der Waals surface area contributed by atoms with Gasteiger partial charge in [-0.1, -0.05) is 133 Å². The van der Waals surface area contributed by atoms with Crippen LogP contribution in [0.2, 0.25) is 0 Å². The molecular formula is C44H40N2O2S. The van der Waals surface area contributed by atoms with Gasteiger partial charge >= 0.3 is 0 Å². The summed E-state index contributed by atoms with van der Waals surface area (Å²) in [7, 11) is -3.89. The zero-order valence-electron chi connectivity index (χ0n) is 28.8. The molecule has 0 saturated heterocycles. The Kier molecular flexibility index (Phi) is 6.96. The maximum absolute atomic E-state index is 14.9. The molecule has 0 unspecified atom stereocenters. The lowest BCUT2D eigenvalue weighted by Gasteiger charge is -2.42. The Hall–Kier alpha value is -5.13. The van der Waals surface area contributed by atoms with Gasteiger partial charge in [0, 0.05) is 22.0 Å². The number of fused-ring (bicyclic) bond motifs is 7. The number of rotatable bonds is 2. The second-order valence-corrected chi connectivity index (χ2v) is 15.7. The number of anilines is 6. The molecule has 9 rings (SSSR count). The van der Waals surface area contributed by atoms with Crippen LogP contribution in [-0.2, 0) is 20.7 Å². The molecule has 49 heavy (non-hydrogen) atoms. The third kappa shape index (κ3) is 4.18. The first kappa shape index (κ1) is 31.2. The average molecular weight is 661 g/mol. The summed E-state index contributed by atoms with van der Waals surface area (Å²) in [6.45, 7) is 13.0. The Morgan fingerprint density at radius 1 is 0.429 bits per heavy atom. The third-order valence-electron chi connectivity index (χ3n) is 10.6. The van der Waals surface area contributed by atoms with Crippen LogP contribution >= 0.6 is 0 Å². The Balaban J connectivity index is 0.00000171. The van der Waals surface area contributed by atoms with Gasteiger partial charge in [-0.25, -0.2) is 8.42 Å². The van der Waals surface area contributed by atoms with Gasteiger partial charge in [-0.15, -0.1) is 0 Å². The van der Waals surface area contributed by atoms with Crippen molar-refractivity contribution in [2.45, 2.75) is 62.2 Å². The van der Waals surface area contributed by atoms with Crippen LogP contribution in [0, 0.1) is 0 Å². The summed E-state index contributed by atoms with van der Waals surface area (Å²) in [4.78, 5) is 5.12. The number of para-hydroxylation sites is 4. The molecule has 0 radical (unpaired) electrons. The van der Waals surface area contributed by atoms with Crippen molar-refractivity contribution in [1.29, 1.82) is 0 Å². The summed E-state index contributed by atoms with van der Waals surface area (Å²) in [6, 6.07) is 45.4. The molecule has 0 aliphatic carbocycles. The van der Waals surface area contributed by atoms with Gasteiger partial charge in [-0.2, -0.15) is 0 Å². The molecule has 0 bridgehead atoms. The first-order valence-electron chi connectivity index (χ1n) is 17.1. The molecule has 6 aromatic carbocycles. The van der Waals surface area contributed by atoms with Gasteiger partial charge < -0.3 is 9.80 Å². The number of nitrogens with zero attached hydrogens (tertiary/aromatic N) is 2. The number of sulfone groups is 1. The summed E-state index contributed by atoms with van der Waals surface area (Å²) >= 11 is 0. The van der Waals surface area contributed by atoms with E-state index in [1.165, 1.54) is 11.1 Å². The largest absolute Gasteiger partial charge is 0.309 e. The van der Waals surface area contributed by atoms with E-state index in [2.05, 4.69) is 128 Å². The molecular weight excluding hydrogens is 621 g/mol. The van der Waals surface area contributed by atoms with Crippen molar-refractivity contribution < 1.29 is 8.42 Å². The maximum Gasteiger partial charge on any atom is 0.209 e. The predicted octanol–water partition coefficient (Wildman–Crippen LogP) is 11.7. The lowest BCUT2D eigenvalue weighted by Crippen LogP contribution is -2.31. The van der Waals surface area contributed by atoms with Crippen LogP contribution in [0.15, 0.2) is 143 Å². The predicted molar refractivity (Wildman–Crippen MR) is 202 cm³/mol. The molecule has 4 nitrogen and oxygen atoms in total. The highest BCUT2D eigenvalue weighted by Crippen LogP contribution is 2.59. The zero-order valence-corrected chi connectivity index (χ0v) is 29.6. The van der Waals surface area contributed by atoms with Gasteiger partial charge in [0.2, 0.25) is 9.84 Å². The van der Waals surface area contributed by atoms with E-state index < -0.39 is 9.84 Å². The molecule has 6 aromatic rings. The van der Waals surface area contributed by atoms with Gasteiger partial charge in [0.25, 0.3) is 0 Å². The lowest BCUT2D eigenvalue weighted by atomic mass is 9.73. The quantitative estimate of drug-likeness (QED) is 0.185. The minimum atomic E-state index is -3.89. The van der Waals surface area contributed by atoms with Crippen LogP contribution in [0.25, 0.3) is 11.1 Å². The molecule has 3 heterocycles. The third-order valence-corrected chi connectivity index (χ3v) is 12.5. The fraction of sp³-hybridized carbons (Fsp3) is 0.182. The fourth-order valence-electron chi connectivity index (χ4n) is 8.35. The molecule has 0 N–H and O–H groups in total. The van der Waals surface area contributed by atoms with Crippen molar-refractivity contribution in [3.05, 3.63) is 156 Å². The summed E-state index contributed by atoms with van der Waals surface area (Å²) in [5.74, 6) is 0. The lowest BCUT2D eigenvalue weighted by molar-refractivity contribution is 0.598. The van der Waals surface area contributed by atoms with Gasteiger partial charge in [0.1, 0.15) is 4.90 Å². The minimum Gasteiger partial charge on any atom is -0.309 e. The maximum atomic E-state index is 14.9. The Morgan fingerprint density at radius 3 is 1.22 bits per heavy atom. The van der Waals surface area contributed by atoms with Crippen LogP contribution < -0.4 is 9.80 Å². The Bertz CT molecular complexity index is 2310. The highest BCUT2D eigenvalue weighted by atomic mass is 32.2. The minimum absolute atomic E-state index is 0.221. The van der Waals surface area contributed by atoms with Gasteiger partial charge in [0.15, 0.2) is 0 Å². The highest BCUT2D eigenvalue weighted by Gasteiger charge is 2.44. The van der Waals surface area contributed by atoms with Crippen molar-refractivity contribution in [2.75, 3.05) is 9.80 Å². The normalized spacial score (nSPS) is 16.5. The smallest absolute Gasteiger partial charge is 0.209 e. The van der Waals surface area contributed by atoms with Crippen LogP contribution in [0.5, 0.6) is 0 Å². The summed E-state index contributed by atoms with van der Waals surface area (Å²) in [5, 5.41) is 0. The van der Waals surface area contributed by atoms with Gasteiger partial charge in [-0.3, -0.25) is 0 Å². The van der Waals surface area contributed by atoms with Crippen molar-refractivity contribution in [3.63, 3.8) is 0 Å². The number of hydrogen-bond acceptors (Lipinski definition) is 4. The second-order valence-electron chi connectivity index (χ2n) is 13.8. The van der Waals surface area contributed by atoms with Crippen LogP contribution in [-0.4, -0.2) is 8.42 Å². The van der Waals surface area contributed by atoms with E-state index in [4.69, 9.17) is 0 Å². The molecule has 3 aliphatic rings. The molecule has 0 atom stereocenters. The van der Waals surface area contributed by atoms with E-state index >= 15 is 0 Å². The standard InChI is InChI=1S/C42H34N2O2S.C2H6/c1-41(2)28-16-5-9-20-32(28)43(33-21-10-6-17-29(33)41)36-24-14-26-38-39(36)27-15-13-25-37(40(27)47(38,45)46)44-34-22-11-7-18-30(34)42(3,4)31-19-8-12-23-35(31)44;1-2/h5-26H,1-4H3;1-2H3. The van der Waals surface area contributed by atoms with E-state index in [1.807, 2.05) is 50.2 Å². The topological polar surface area (TPSA) is 40.6 Å². The van der Waals surface area contributed by atoms with Crippen molar-refractivity contribution in [1.82, 2.24) is 0 Å². The molecule has 0 saturated carbocycles. The Labute approximate surface area is 290 Å². The van der Waals surface area contributed by atoms with E-state index in [0.29, 0.717) is 15.5 Å². The van der Waals surface area contributed by atoms with E-state index in [9.17, 15) is 8.42 Å². The van der Waals surface area contributed by atoms with E-state index in [-0.39, 0.29) is 10.8 Å². The molecule has 3 aliphatic heterocycles. The van der Waals surface area contributed by atoms with Crippen LogP contribution in [0.3, 0.4) is 0 Å². The number of benzene rings is 6. The molecule has 0 aromatic heterocycles. The van der Waals surface area contributed by atoms with Crippen molar-refractivity contribution in [2.24, 2.45) is 0 Å². The zero-order chi connectivity index (χ0) is 34.3. The van der Waals surface area contributed by atoms with Gasteiger partial charge in [-0.05, 0) is 64.7 Å². The molecule has 5 heteroatoms. The van der Waals surface area contributed by atoms with E-state index in [1.54, 1.807) is 6.07 Å². The highest BCUT2D eigenvalue weighted by molar-refractivity contribution is 7.92. The molecule has 0 amide bonds. The first-order valence-corrected chi connectivity index (χ1v) is 18.6. The summed E-state index contributed by atoms with van der Waals surface area (Å²) in [6.07, 6.45) is 0. The number of hydrogen-bond donors (Lipinski definition) is 0. The molecule has 244 valence electrons. The second kappa shape index (κ2) is 10.9. The summed E-state index contributed by atoms with van der Waals surface area (Å²) in [5.41, 5.74) is 11.4. The summed E-state index contributed by atoms with van der Waals surface area (Å²) < 4.78 is 29.7. The molecule has 0 spiro atoms. The van der Waals surface area contributed by atoms with Crippen molar-refractivity contribution >= 4 is 44.0 Å². The van der Waals surface area contributed by atoms with Gasteiger partial charge in [0.05, 0.1) is 39.0 Å². The average Bonchev–Trinajstić information content (AvgIpc) is 3.37. The fourth-order valence-corrected chi connectivity index (χ4v) is 10.2. The van der Waals surface area contributed by atoms with E-state index in [0.717, 1.165) is 50.7 Å². The molecule has 0 fully saturated rings.